The third-order valence-corrected chi connectivity index (χ3v) is 8.27. The van der Waals surface area contributed by atoms with Crippen LogP contribution < -0.4 is 10.2 Å². The van der Waals surface area contributed by atoms with Crippen LogP contribution in [-0.4, -0.2) is 58.7 Å². The molecule has 1 aromatic carbocycles. The molecule has 1 aliphatic carbocycles. The van der Waals surface area contributed by atoms with Crippen LogP contribution in [0.5, 0.6) is 0 Å². The smallest absolute Gasteiger partial charge is 0.235 e. The van der Waals surface area contributed by atoms with Gasteiger partial charge in [0.2, 0.25) is 11.8 Å². The van der Waals surface area contributed by atoms with E-state index in [1.807, 2.05) is 11.7 Å². The number of nitrogens with one attached hydrogen (secondary N) is 1. The maximum Gasteiger partial charge on any atom is 0.235 e. The highest BCUT2D eigenvalue weighted by Gasteiger charge is 2.33. The lowest BCUT2D eigenvalue weighted by Crippen LogP contribution is -2.52. The van der Waals surface area contributed by atoms with Gasteiger partial charge in [0.15, 0.2) is 0 Å². The standard InChI is InChI=1S/C27H39N5O2/c1-19-18-31(15-7-10-20-8-4-3-5-9-20)16-17-32(19)23-12-6-11-21-25(29-30(2)26(21)23)22-13-14-24(33)28-27(22)34/h6,11-12,19-20,22H,3-5,7-10,13-18H2,1-2H3,(H,28,33,34)/t19-,22?/m1/s1. The number of fused-ring (bicyclic) bond motifs is 1. The van der Waals surface area contributed by atoms with Crippen molar-refractivity contribution >= 4 is 28.4 Å². The van der Waals surface area contributed by atoms with E-state index in [1.165, 1.54) is 57.2 Å². The molecule has 0 spiro atoms. The molecule has 2 amide bonds. The number of anilines is 1. The fourth-order valence-electron chi connectivity index (χ4n) is 6.46. The topological polar surface area (TPSA) is 70.5 Å². The Morgan fingerprint density at radius 1 is 1.09 bits per heavy atom. The average molecular weight is 466 g/mol. The Balaban J connectivity index is 1.27. The molecule has 7 nitrogen and oxygen atoms in total. The van der Waals surface area contributed by atoms with Crippen molar-refractivity contribution in [1.82, 2.24) is 20.0 Å². The summed E-state index contributed by atoms with van der Waals surface area (Å²) in [7, 11) is 1.97. The summed E-state index contributed by atoms with van der Waals surface area (Å²) in [5.74, 6) is 0.188. The molecule has 3 heterocycles. The molecular weight excluding hydrogens is 426 g/mol. The molecule has 5 rings (SSSR count). The van der Waals surface area contributed by atoms with Gasteiger partial charge in [-0.3, -0.25) is 24.5 Å². The van der Waals surface area contributed by atoms with Crippen LogP contribution >= 0.6 is 0 Å². The van der Waals surface area contributed by atoms with Crippen molar-refractivity contribution in [2.24, 2.45) is 13.0 Å². The molecule has 3 fully saturated rings. The summed E-state index contributed by atoms with van der Waals surface area (Å²) in [6.45, 7) is 6.71. The van der Waals surface area contributed by atoms with Gasteiger partial charge in [0, 0.05) is 44.5 Å². The number of aryl methyl sites for hydroxylation is 1. The fourth-order valence-corrected chi connectivity index (χ4v) is 6.46. The van der Waals surface area contributed by atoms with Crippen molar-refractivity contribution in [3.05, 3.63) is 23.9 Å². The number of para-hydroxylation sites is 1. The highest BCUT2D eigenvalue weighted by Crippen LogP contribution is 2.36. The van der Waals surface area contributed by atoms with Gasteiger partial charge in [-0.2, -0.15) is 5.10 Å². The third-order valence-electron chi connectivity index (χ3n) is 8.27. The largest absolute Gasteiger partial charge is 0.365 e. The molecule has 184 valence electrons. The van der Waals surface area contributed by atoms with Gasteiger partial charge in [0.05, 0.1) is 22.8 Å². The van der Waals surface area contributed by atoms with E-state index in [4.69, 9.17) is 5.10 Å². The minimum absolute atomic E-state index is 0.187. The minimum atomic E-state index is -0.366. The summed E-state index contributed by atoms with van der Waals surface area (Å²) in [6.07, 6.45) is 10.8. The lowest BCUT2D eigenvalue weighted by molar-refractivity contribution is -0.134. The molecule has 2 aliphatic heterocycles. The highest BCUT2D eigenvalue weighted by molar-refractivity contribution is 6.03. The molecule has 2 aromatic rings. The van der Waals surface area contributed by atoms with E-state index in [2.05, 4.69) is 40.2 Å². The van der Waals surface area contributed by atoms with Gasteiger partial charge in [-0.25, -0.2) is 0 Å². The van der Waals surface area contributed by atoms with Crippen molar-refractivity contribution < 1.29 is 9.59 Å². The van der Waals surface area contributed by atoms with Crippen LogP contribution in [0, 0.1) is 5.92 Å². The summed E-state index contributed by atoms with van der Waals surface area (Å²) >= 11 is 0. The first kappa shape index (κ1) is 23.3. The summed E-state index contributed by atoms with van der Waals surface area (Å²) in [5.41, 5.74) is 3.07. The molecule has 1 saturated carbocycles. The monoisotopic (exact) mass is 465 g/mol. The van der Waals surface area contributed by atoms with E-state index in [0.717, 1.165) is 42.1 Å². The number of carbonyl (C=O) groups excluding carboxylic acids is 2. The Morgan fingerprint density at radius 2 is 1.91 bits per heavy atom. The van der Waals surface area contributed by atoms with Crippen LogP contribution in [0.4, 0.5) is 5.69 Å². The van der Waals surface area contributed by atoms with E-state index in [-0.39, 0.29) is 17.7 Å². The van der Waals surface area contributed by atoms with Gasteiger partial charge in [0.25, 0.3) is 0 Å². The number of carbonyl (C=O) groups is 2. The molecular formula is C27H39N5O2. The van der Waals surface area contributed by atoms with Crippen molar-refractivity contribution in [2.75, 3.05) is 31.1 Å². The van der Waals surface area contributed by atoms with Gasteiger partial charge < -0.3 is 4.90 Å². The van der Waals surface area contributed by atoms with Crippen LogP contribution in [0.3, 0.4) is 0 Å². The summed E-state index contributed by atoms with van der Waals surface area (Å²) in [5, 5.41) is 8.29. The number of rotatable bonds is 6. The molecule has 2 atom stereocenters. The SMILES string of the molecule is C[C@@H]1CN(CCCC2CCCCC2)CCN1c1cccc2c(C3CCC(=O)NC3=O)nn(C)c12. The Labute approximate surface area is 202 Å². The summed E-state index contributed by atoms with van der Waals surface area (Å²) in [4.78, 5) is 29.3. The third kappa shape index (κ3) is 4.72. The second kappa shape index (κ2) is 10.1. The number of amides is 2. The van der Waals surface area contributed by atoms with E-state index >= 15 is 0 Å². The first-order chi connectivity index (χ1) is 16.5. The lowest BCUT2D eigenvalue weighted by atomic mass is 9.86. The van der Waals surface area contributed by atoms with Crippen LogP contribution in [0.2, 0.25) is 0 Å². The fraction of sp³-hybridized carbons (Fsp3) is 0.667. The predicted octanol–water partition coefficient (Wildman–Crippen LogP) is 3.96. The molecule has 2 saturated heterocycles. The number of benzene rings is 1. The molecule has 0 bridgehead atoms. The van der Waals surface area contributed by atoms with Crippen LogP contribution in [0.25, 0.3) is 10.9 Å². The zero-order valence-corrected chi connectivity index (χ0v) is 20.8. The van der Waals surface area contributed by atoms with Crippen LogP contribution in [0.15, 0.2) is 18.2 Å². The number of imide groups is 1. The molecule has 7 heteroatoms. The van der Waals surface area contributed by atoms with Crippen molar-refractivity contribution in [3.8, 4) is 0 Å². The molecule has 34 heavy (non-hydrogen) atoms. The van der Waals surface area contributed by atoms with Crippen molar-refractivity contribution in [2.45, 2.75) is 76.7 Å². The zero-order valence-electron chi connectivity index (χ0n) is 20.8. The number of piperazine rings is 1. The van der Waals surface area contributed by atoms with Gasteiger partial charge >= 0.3 is 0 Å². The van der Waals surface area contributed by atoms with Crippen molar-refractivity contribution in [3.63, 3.8) is 0 Å². The average Bonchev–Trinajstić information content (AvgIpc) is 3.16. The van der Waals surface area contributed by atoms with Gasteiger partial charge in [-0.1, -0.05) is 44.2 Å². The van der Waals surface area contributed by atoms with Crippen molar-refractivity contribution in [1.29, 1.82) is 0 Å². The summed E-state index contributed by atoms with van der Waals surface area (Å²) in [6, 6.07) is 6.76. The number of nitrogens with zero attached hydrogens (tertiary/aromatic N) is 4. The lowest BCUT2D eigenvalue weighted by Gasteiger charge is -2.41. The Morgan fingerprint density at radius 3 is 2.68 bits per heavy atom. The molecule has 3 aliphatic rings. The van der Waals surface area contributed by atoms with Gasteiger partial charge in [-0.05, 0) is 44.7 Å². The van der Waals surface area contributed by atoms with E-state index in [0.29, 0.717) is 18.9 Å². The number of aromatic nitrogens is 2. The Kier molecular flexibility index (Phi) is 6.91. The van der Waals surface area contributed by atoms with E-state index < -0.39 is 0 Å². The Hall–Kier alpha value is -2.41. The van der Waals surface area contributed by atoms with E-state index in [9.17, 15) is 9.59 Å². The first-order valence-electron chi connectivity index (χ1n) is 13.3. The molecule has 0 radical (unpaired) electrons. The highest BCUT2D eigenvalue weighted by atomic mass is 16.2. The minimum Gasteiger partial charge on any atom is -0.365 e. The predicted molar refractivity (Wildman–Crippen MR) is 135 cm³/mol. The molecule has 1 unspecified atom stereocenters. The normalized spacial score (nSPS) is 25.2. The first-order valence-corrected chi connectivity index (χ1v) is 13.3. The number of hydrogen-bond acceptors (Lipinski definition) is 5. The van der Waals surface area contributed by atoms with Crippen LogP contribution in [-0.2, 0) is 16.6 Å². The quantitative estimate of drug-likeness (QED) is 0.654. The van der Waals surface area contributed by atoms with Gasteiger partial charge in [0.1, 0.15) is 0 Å². The zero-order chi connectivity index (χ0) is 23.7. The molecule has 1 N–H and O–H groups in total. The second-order valence-corrected chi connectivity index (χ2v) is 10.7. The van der Waals surface area contributed by atoms with Gasteiger partial charge in [-0.15, -0.1) is 0 Å². The maximum atomic E-state index is 12.5. The second-order valence-electron chi connectivity index (χ2n) is 10.7. The summed E-state index contributed by atoms with van der Waals surface area (Å²) < 4.78 is 1.92. The number of hydrogen-bond donors (Lipinski definition) is 1. The number of piperidine rings is 1. The molecule has 1 aromatic heterocycles. The Bertz CT molecular complexity index is 1040. The maximum absolute atomic E-state index is 12.5. The van der Waals surface area contributed by atoms with E-state index in [1.54, 1.807) is 0 Å². The van der Waals surface area contributed by atoms with Crippen LogP contribution in [0.1, 0.15) is 76.3 Å².